The lowest BCUT2D eigenvalue weighted by molar-refractivity contribution is -0.132. The van der Waals surface area contributed by atoms with Gasteiger partial charge in [-0.3, -0.25) is 9.59 Å². The number of aromatic nitrogens is 2. The van der Waals surface area contributed by atoms with E-state index in [4.69, 9.17) is 0 Å². The number of thiophene rings is 1. The summed E-state index contributed by atoms with van der Waals surface area (Å²) >= 11 is 1.65. The minimum Gasteiger partial charge on any atom is -0.343 e. The number of hydrogen-bond acceptors (Lipinski definition) is 4. The third-order valence-corrected chi connectivity index (χ3v) is 7.72. The molecule has 0 atom stereocenters. The van der Waals surface area contributed by atoms with Gasteiger partial charge in [-0.2, -0.15) is 0 Å². The van der Waals surface area contributed by atoms with E-state index < -0.39 is 0 Å². The first kappa shape index (κ1) is 19.5. The molecule has 0 saturated carbocycles. The number of aromatic amines is 1. The van der Waals surface area contributed by atoms with Crippen LogP contribution in [0.2, 0.25) is 0 Å². The van der Waals surface area contributed by atoms with Crippen LogP contribution >= 0.6 is 11.3 Å². The van der Waals surface area contributed by atoms with Crippen molar-refractivity contribution in [1.82, 2.24) is 14.9 Å². The van der Waals surface area contributed by atoms with E-state index in [1.807, 2.05) is 4.90 Å². The lowest BCUT2D eigenvalue weighted by Gasteiger charge is -2.32. The first-order valence-corrected chi connectivity index (χ1v) is 11.8. The van der Waals surface area contributed by atoms with E-state index in [1.165, 1.54) is 16.0 Å². The van der Waals surface area contributed by atoms with Gasteiger partial charge in [0.05, 0.1) is 5.39 Å². The minimum absolute atomic E-state index is 0.0384. The number of piperidine rings is 1. The zero-order valence-electron chi connectivity index (χ0n) is 17.2. The Morgan fingerprint density at radius 1 is 1.17 bits per heavy atom. The van der Waals surface area contributed by atoms with Crippen molar-refractivity contribution >= 4 is 27.5 Å². The Morgan fingerprint density at radius 2 is 1.97 bits per heavy atom. The van der Waals surface area contributed by atoms with E-state index >= 15 is 0 Å². The molecule has 1 aliphatic carbocycles. The fourth-order valence-electron chi connectivity index (χ4n) is 4.88. The van der Waals surface area contributed by atoms with Gasteiger partial charge < -0.3 is 9.88 Å². The Bertz CT molecular complexity index is 1110. The fraction of sp³-hybridized carbons (Fsp3) is 0.458. The minimum atomic E-state index is -0.0384. The SMILES string of the molecule is O=C(CCc1nc2sc3c(c2c(=O)[nH]1)CCC3)N1CCC(Cc2ccccc2)CC1. The number of hydrogen-bond donors (Lipinski definition) is 1. The van der Waals surface area contributed by atoms with Gasteiger partial charge in [-0.25, -0.2) is 4.98 Å². The van der Waals surface area contributed by atoms with Gasteiger partial charge in [0.2, 0.25) is 5.91 Å². The Balaban J connectivity index is 1.16. The third kappa shape index (κ3) is 3.93. The average molecular weight is 422 g/mol. The van der Waals surface area contributed by atoms with Crippen molar-refractivity contribution < 1.29 is 4.79 Å². The van der Waals surface area contributed by atoms with Gasteiger partial charge in [0.25, 0.3) is 5.56 Å². The van der Waals surface area contributed by atoms with Crippen molar-refractivity contribution in [3.63, 3.8) is 0 Å². The monoisotopic (exact) mass is 421 g/mol. The number of likely N-dealkylation sites (tertiary alicyclic amines) is 1. The maximum atomic E-state index is 12.7. The largest absolute Gasteiger partial charge is 0.343 e. The standard InChI is InChI=1S/C24H27N3O2S/c28-21(27-13-11-17(12-14-27)15-16-5-2-1-3-6-16)10-9-20-25-23(29)22-18-7-4-8-19(18)30-24(22)26-20/h1-3,5-6,17H,4,7-15H2,(H,25,26,29). The number of amides is 1. The number of aryl methyl sites for hydroxylation is 3. The Hall–Kier alpha value is -2.47. The summed E-state index contributed by atoms with van der Waals surface area (Å²) in [6.07, 6.45) is 7.29. The number of fused-ring (bicyclic) bond motifs is 3. The Labute approximate surface area is 180 Å². The average Bonchev–Trinajstić information content (AvgIpc) is 3.34. The molecule has 1 N–H and O–H groups in total. The normalized spacial score (nSPS) is 16.9. The van der Waals surface area contributed by atoms with Gasteiger partial charge >= 0.3 is 0 Å². The summed E-state index contributed by atoms with van der Waals surface area (Å²) in [7, 11) is 0. The smallest absolute Gasteiger partial charge is 0.259 e. The number of rotatable bonds is 5. The number of H-pyrrole nitrogens is 1. The van der Waals surface area contributed by atoms with Gasteiger partial charge in [0, 0.05) is 30.8 Å². The summed E-state index contributed by atoms with van der Waals surface area (Å²) in [6.45, 7) is 1.66. The second-order valence-corrected chi connectivity index (χ2v) is 9.65. The predicted octanol–water partition coefficient (Wildman–Crippen LogP) is 3.89. The molecule has 1 aliphatic heterocycles. The van der Waals surface area contributed by atoms with Crippen molar-refractivity contribution in [1.29, 1.82) is 0 Å². The van der Waals surface area contributed by atoms with Crippen molar-refractivity contribution in [2.75, 3.05) is 13.1 Å². The highest BCUT2D eigenvalue weighted by atomic mass is 32.1. The molecule has 1 amide bonds. The van der Waals surface area contributed by atoms with Crippen LogP contribution in [0.4, 0.5) is 0 Å². The maximum Gasteiger partial charge on any atom is 0.259 e. The molecule has 1 aromatic carbocycles. The van der Waals surface area contributed by atoms with E-state index in [0.29, 0.717) is 24.6 Å². The van der Waals surface area contributed by atoms with Gasteiger partial charge in [0.1, 0.15) is 10.7 Å². The van der Waals surface area contributed by atoms with E-state index in [0.717, 1.165) is 61.8 Å². The summed E-state index contributed by atoms with van der Waals surface area (Å²) in [5, 5.41) is 0.781. The number of carbonyl (C=O) groups is 1. The molecule has 2 aliphatic rings. The van der Waals surface area contributed by atoms with Gasteiger partial charge in [0.15, 0.2) is 0 Å². The Morgan fingerprint density at radius 3 is 2.77 bits per heavy atom. The van der Waals surface area contributed by atoms with Crippen molar-refractivity contribution in [3.8, 4) is 0 Å². The van der Waals surface area contributed by atoms with Crippen LogP contribution in [0.5, 0.6) is 0 Å². The van der Waals surface area contributed by atoms with Gasteiger partial charge in [-0.15, -0.1) is 11.3 Å². The van der Waals surface area contributed by atoms with E-state index in [-0.39, 0.29) is 11.5 Å². The summed E-state index contributed by atoms with van der Waals surface area (Å²) in [4.78, 5) is 37.0. The van der Waals surface area contributed by atoms with Crippen LogP contribution in [-0.2, 0) is 30.5 Å². The summed E-state index contributed by atoms with van der Waals surface area (Å²) < 4.78 is 0. The molecule has 3 heterocycles. The molecule has 1 saturated heterocycles. The fourth-order valence-corrected chi connectivity index (χ4v) is 6.16. The summed E-state index contributed by atoms with van der Waals surface area (Å²) in [5.41, 5.74) is 2.54. The highest BCUT2D eigenvalue weighted by molar-refractivity contribution is 7.18. The molecule has 0 spiro atoms. The second kappa shape index (κ2) is 8.34. The molecular weight excluding hydrogens is 394 g/mol. The second-order valence-electron chi connectivity index (χ2n) is 8.56. The Kier molecular flexibility index (Phi) is 5.42. The summed E-state index contributed by atoms with van der Waals surface area (Å²) in [6, 6.07) is 10.6. The number of nitrogens with zero attached hydrogens (tertiary/aromatic N) is 2. The molecule has 0 radical (unpaired) electrons. The molecule has 30 heavy (non-hydrogen) atoms. The molecule has 3 aromatic rings. The van der Waals surface area contributed by atoms with Crippen molar-refractivity contribution in [2.45, 2.75) is 51.4 Å². The van der Waals surface area contributed by atoms with Crippen LogP contribution < -0.4 is 5.56 Å². The zero-order valence-corrected chi connectivity index (χ0v) is 18.0. The van der Waals surface area contributed by atoms with Gasteiger partial charge in [-0.05, 0) is 55.6 Å². The van der Waals surface area contributed by atoms with Crippen molar-refractivity contribution in [2.24, 2.45) is 5.92 Å². The summed E-state index contributed by atoms with van der Waals surface area (Å²) in [5.74, 6) is 1.46. The lowest BCUT2D eigenvalue weighted by atomic mass is 9.90. The number of benzene rings is 1. The molecule has 2 aromatic heterocycles. The van der Waals surface area contributed by atoms with E-state index in [2.05, 4.69) is 40.3 Å². The molecule has 0 bridgehead atoms. The quantitative estimate of drug-likeness (QED) is 0.680. The molecule has 5 nitrogen and oxygen atoms in total. The first-order chi connectivity index (χ1) is 14.7. The highest BCUT2D eigenvalue weighted by Gasteiger charge is 2.24. The van der Waals surface area contributed by atoms with E-state index in [1.54, 1.807) is 11.3 Å². The van der Waals surface area contributed by atoms with Crippen LogP contribution in [0.3, 0.4) is 0 Å². The van der Waals surface area contributed by atoms with Crippen LogP contribution in [0.25, 0.3) is 10.2 Å². The van der Waals surface area contributed by atoms with Crippen LogP contribution in [0.15, 0.2) is 35.1 Å². The van der Waals surface area contributed by atoms with Crippen LogP contribution in [0.1, 0.15) is 47.5 Å². The van der Waals surface area contributed by atoms with Crippen molar-refractivity contribution in [3.05, 3.63) is 62.5 Å². The van der Waals surface area contributed by atoms with Gasteiger partial charge in [-0.1, -0.05) is 30.3 Å². The molecule has 1 fully saturated rings. The molecule has 6 heteroatoms. The molecule has 156 valence electrons. The van der Waals surface area contributed by atoms with E-state index in [9.17, 15) is 9.59 Å². The van der Waals surface area contributed by atoms with Crippen LogP contribution in [0, 0.1) is 5.92 Å². The molecular formula is C24H27N3O2S. The number of nitrogens with one attached hydrogen (secondary N) is 1. The number of carbonyl (C=O) groups excluding carboxylic acids is 1. The topological polar surface area (TPSA) is 66.1 Å². The zero-order chi connectivity index (χ0) is 20.5. The predicted molar refractivity (Wildman–Crippen MR) is 120 cm³/mol. The van der Waals surface area contributed by atoms with Crippen LogP contribution in [-0.4, -0.2) is 33.9 Å². The molecule has 5 rings (SSSR count). The maximum absolute atomic E-state index is 12.7. The first-order valence-electron chi connectivity index (χ1n) is 11.0. The lowest BCUT2D eigenvalue weighted by Crippen LogP contribution is -2.39. The third-order valence-electron chi connectivity index (χ3n) is 6.53. The molecule has 0 unspecified atom stereocenters. The highest BCUT2D eigenvalue weighted by Crippen LogP contribution is 2.34.